The number of hydrogen-bond acceptors (Lipinski definition) is 2. The first-order valence-corrected chi connectivity index (χ1v) is 4.99. The Balaban J connectivity index is 3.60. The zero-order chi connectivity index (χ0) is 11.1. The van der Waals surface area contributed by atoms with Crippen LogP contribution in [0.2, 0.25) is 0 Å². The second-order valence-corrected chi connectivity index (χ2v) is 4.04. The molecule has 0 aliphatic carbocycles. The van der Waals surface area contributed by atoms with Gasteiger partial charge in [0.1, 0.15) is 0 Å². The summed E-state index contributed by atoms with van der Waals surface area (Å²) in [7, 11) is 0. The third-order valence-electron chi connectivity index (χ3n) is 2.02. The average molecular weight is 200 g/mol. The van der Waals surface area contributed by atoms with E-state index in [9.17, 15) is 9.59 Å². The summed E-state index contributed by atoms with van der Waals surface area (Å²) in [5, 5.41) is 2.75. The largest absolute Gasteiger partial charge is 0.369 e. The molecule has 0 heterocycles. The van der Waals surface area contributed by atoms with Crippen LogP contribution in [0.3, 0.4) is 0 Å². The van der Waals surface area contributed by atoms with Gasteiger partial charge >= 0.3 is 0 Å². The topological polar surface area (TPSA) is 72.2 Å². The minimum absolute atomic E-state index is 0.100. The number of rotatable bonds is 6. The van der Waals surface area contributed by atoms with Crippen molar-refractivity contribution in [2.45, 2.75) is 33.6 Å². The minimum atomic E-state index is -0.427. The van der Waals surface area contributed by atoms with Crippen molar-refractivity contribution in [3.63, 3.8) is 0 Å². The van der Waals surface area contributed by atoms with Gasteiger partial charge in [-0.15, -0.1) is 0 Å². The molecule has 0 bridgehead atoms. The maximum Gasteiger partial charge on any atom is 0.220 e. The second-order valence-electron chi connectivity index (χ2n) is 4.04. The summed E-state index contributed by atoms with van der Waals surface area (Å²) in [6.45, 7) is 6.52. The molecular formula is C10H20N2O2. The van der Waals surface area contributed by atoms with E-state index in [0.717, 1.165) is 6.42 Å². The molecule has 0 radical (unpaired) electrons. The minimum Gasteiger partial charge on any atom is -0.369 e. The van der Waals surface area contributed by atoms with Gasteiger partial charge in [0.15, 0.2) is 0 Å². The molecule has 4 heteroatoms. The van der Waals surface area contributed by atoms with Gasteiger partial charge in [0.25, 0.3) is 0 Å². The van der Waals surface area contributed by atoms with Crippen LogP contribution in [0, 0.1) is 11.8 Å². The van der Waals surface area contributed by atoms with Crippen LogP contribution in [0.25, 0.3) is 0 Å². The van der Waals surface area contributed by atoms with E-state index in [1.54, 1.807) is 6.92 Å². The molecule has 0 aliphatic heterocycles. The lowest BCUT2D eigenvalue weighted by Gasteiger charge is -2.09. The fourth-order valence-corrected chi connectivity index (χ4v) is 0.951. The normalized spacial score (nSPS) is 12.6. The lowest BCUT2D eigenvalue weighted by atomic mass is 10.1. The lowest BCUT2D eigenvalue weighted by molar-refractivity contribution is -0.127. The van der Waals surface area contributed by atoms with E-state index in [1.807, 2.05) is 0 Å². The summed E-state index contributed by atoms with van der Waals surface area (Å²) in [6.07, 6.45) is 1.14. The number of carbonyl (C=O) groups excluding carboxylic acids is 2. The average Bonchev–Trinajstić information content (AvgIpc) is 2.02. The van der Waals surface area contributed by atoms with Gasteiger partial charge in [0.2, 0.25) is 11.8 Å². The fraction of sp³-hybridized carbons (Fsp3) is 0.800. The smallest absolute Gasteiger partial charge is 0.220 e. The molecule has 0 fully saturated rings. The summed E-state index contributed by atoms with van der Waals surface area (Å²) >= 11 is 0. The Hall–Kier alpha value is -1.06. The van der Waals surface area contributed by atoms with Crippen LogP contribution in [0.1, 0.15) is 33.6 Å². The van der Waals surface area contributed by atoms with Gasteiger partial charge in [0, 0.05) is 18.9 Å². The van der Waals surface area contributed by atoms with Crippen LogP contribution in [0.5, 0.6) is 0 Å². The van der Waals surface area contributed by atoms with Crippen molar-refractivity contribution in [2.75, 3.05) is 6.54 Å². The molecule has 0 saturated carbocycles. The number of nitrogens with one attached hydrogen (secondary N) is 1. The molecule has 4 nitrogen and oxygen atoms in total. The first kappa shape index (κ1) is 12.9. The Morgan fingerprint density at radius 2 is 1.86 bits per heavy atom. The standard InChI is InChI=1S/C10H20N2O2/c1-7(2)4-5-12-9(13)6-8(3)10(11)14/h7-8H,4-6H2,1-3H3,(H2,11,14)(H,12,13). The molecule has 0 aromatic heterocycles. The van der Waals surface area contributed by atoms with Crippen LogP contribution in [0.15, 0.2) is 0 Å². The van der Waals surface area contributed by atoms with Gasteiger partial charge in [0.05, 0.1) is 0 Å². The van der Waals surface area contributed by atoms with Crippen molar-refractivity contribution in [1.82, 2.24) is 5.32 Å². The highest BCUT2D eigenvalue weighted by Crippen LogP contribution is 2.01. The molecule has 0 aromatic rings. The number of amides is 2. The van der Waals surface area contributed by atoms with Crippen LogP contribution in [-0.2, 0) is 9.59 Å². The summed E-state index contributed by atoms with van der Waals surface area (Å²) in [5.74, 6) is -0.334. The summed E-state index contributed by atoms with van der Waals surface area (Å²) in [6, 6.07) is 0. The Bertz CT molecular complexity index is 202. The Kier molecular flexibility index (Phi) is 5.92. The van der Waals surface area contributed by atoms with E-state index in [2.05, 4.69) is 19.2 Å². The third kappa shape index (κ3) is 6.46. The summed E-state index contributed by atoms with van der Waals surface area (Å²) < 4.78 is 0. The van der Waals surface area contributed by atoms with Gasteiger partial charge in [-0.3, -0.25) is 9.59 Å². The third-order valence-corrected chi connectivity index (χ3v) is 2.02. The Morgan fingerprint density at radius 1 is 1.29 bits per heavy atom. The van der Waals surface area contributed by atoms with Gasteiger partial charge < -0.3 is 11.1 Å². The van der Waals surface area contributed by atoms with Gasteiger partial charge in [-0.1, -0.05) is 20.8 Å². The van der Waals surface area contributed by atoms with E-state index in [4.69, 9.17) is 5.73 Å². The monoisotopic (exact) mass is 200 g/mol. The Morgan fingerprint density at radius 3 is 2.29 bits per heavy atom. The zero-order valence-electron chi connectivity index (χ0n) is 9.17. The van der Waals surface area contributed by atoms with Crippen molar-refractivity contribution < 1.29 is 9.59 Å². The summed E-state index contributed by atoms with van der Waals surface area (Å²) in [4.78, 5) is 21.9. The summed E-state index contributed by atoms with van der Waals surface area (Å²) in [5.41, 5.74) is 5.04. The van der Waals surface area contributed by atoms with Crippen LogP contribution < -0.4 is 11.1 Å². The number of nitrogens with two attached hydrogens (primary N) is 1. The number of carbonyl (C=O) groups is 2. The molecule has 2 amide bonds. The molecule has 0 saturated heterocycles. The van der Waals surface area contributed by atoms with Crippen molar-refractivity contribution in [3.8, 4) is 0 Å². The van der Waals surface area contributed by atoms with Gasteiger partial charge in [-0.05, 0) is 12.3 Å². The van der Waals surface area contributed by atoms with E-state index < -0.39 is 5.91 Å². The molecule has 0 spiro atoms. The zero-order valence-corrected chi connectivity index (χ0v) is 9.17. The van der Waals surface area contributed by atoms with Crippen molar-refractivity contribution >= 4 is 11.8 Å². The second kappa shape index (κ2) is 6.40. The van der Waals surface area contributed by atoms with E-state index >= 15 is 0 Å². The molecule has 1 unspecified atom stereocenters. The molecule has 0 aromatic carbocycles. The SMILES string of the molecule is CC(C)CCNC(=O)CC(C)C(N)=O. The van der Waals surface area contributed by atoms with Crippen molar-refractivity contribution in [1.29, 1.82) is 0 Å². The van der Waals surface area contributed by atoms with Gasteiger partial charge in [-0.25, -0.2) is 0 Å². The van der Waals surface area contributed by atoms with E-state index in [0.29, 0.717) is 12.5 Å². The van der Waals surface area contributed by atoms with Crippen molar-refractivity contribution in [3.05, 3.63) is 0 Å². The van der Waals surface area contributed by atoms with Gasteiger partial charge in [-0.2, -0.15) is 0 Å². The predicted octanol–water partition coefficient (Wildman–Crippen LogP) is 0.660. The van der Waals surface area contributed by atoms with Crippen LogP contribution in [0.4, 0.5) is 0 Å². The molecule has 1 atom stereocenters. The number of hydrogen-bond donors (Lipinski definition) is 2. The highest BCUT2D eigenvalue weighted by Gasteiger charge is 2.13. The highest BCUT2D eigenvalue weighted by molar-refractivity contribution is 5.84. The fourth-order valence-electron chi connectivity index (χ4n) is 0.951. The van der Waals surface area contributed by atoms with Crippen molar-refractivity contribution in [2.24, 2.45) is 17.6 Å². The molecule has 3 N–H and O–H groups in total. The molecule has 0 rings (SSSR count). The first-order valence-electron chi connectivity index (χ1n) is 4.99. The first-order chi connectivity index (χ1) is 6.43. The predicted molar refractivity (Wildman–Crippen MR) is 55.4 cm³/mol. The van der Waals surface area contributed by atoms with Crippen LogP contribution >= 0.6 is 0 Å². The van der Waals surface area contributed by atoms with Crippen LogP contribution in [-0.4, -0.2) is 18.4 Å². The molecule has 0 aliphatic rings. The Labute approximate surface area is 85.2 Å². The molecule has 14 heavy (non-hydrogen) atoms. The van der Waals surface area contributed by atoms with E-state index in [1.165, 1.54) is 0 Å². The molecular weight excluding hydrogens is 180 g/mol. The number of primary amides is 1. The maximum absolute atomic E-state index is 11.2. The molecule has 82 valence electrons. The van der Waals surface area contributed by atoms with E-state index in [-0.39, 0.29) is 18.2 Å². The maximum atomic E-state index is 11.2. The highest BCUT2D eigenvalue weighted by atomic mass is 16.2. The lowest BCUT2D eigenvalue weighted by Crippen LogP contribution is -2.30. The quantitative estimate of drug-likeness (QED) is 0.661.